The molecule has 1 saturated heterocycles. The number of nitrogens with zero attached hydrogens (tertiary/aromatic N) is 2. The molecule has 0 aromatic heterocycles. The fraction of sp³-hybridized carbons (Fsp3) is 0.667. The van der Waals surface area contributed by atoms with E-state index >= 15 is 0 Å². The standard InChI is InChI=1S/C6H11N3O2/c1-4-7-5(10)9(3)6(11)8(4)2/h4H,1-3H3,(H,7,10). The summed E-state index contributed by atoms with van der Waals surface area (Å²) in [7, 11) is 3.09. The van der Waals surface area contributed by atoms with Crippen LogP contribution in [-0.4, -0.2) is 42.1 Å². The first-order chi connectivity index (χ1) is 5.04. The second kappa shape index (κ2) is 2.41. The van der Waals surface area contributed by atoms with Gasteiger partial charge in [0.15, 0.2) is 0 Å². The van der Waals surface area contributed by atoms with Gasteiger partial charge in [0.05, 0.1) is 0 Å². The topological polar surface area (TPSA) is 52.7 Å². The Morgan fingerprint density at radius 3 is 2.45 bits per heavy atom. The highest BCUT2D eigenvalue weighted by atomic mass is 16.2. The Hall–Kier alpha value is -1.26. The Kier molecular flexibility index (Phi) is 1.72. The number of carbonyl (C=O) groups excluding carboxylic acids is 2. The lowest BCUT2D eigenvalue weighted by Crippen LogP contribution is -2.61. The predicted octanol–water partition coefficient (Wildman–Crippen LogP) is 0.0392. The van der Waals surface area contributed by atoms with Crippen LogP contribution in [0.3, 0.4) is 0 Å². The van der Waals surface area contributed by atoms with Gasteiger partial charge in [0.25, 0.3) is 0 Å². The summed E-state index contributed by atoms with van der Waals surface area (Å²) >= 11 is 0. The maximum atomic E-state index is 11.1. The van der Waals surface area contributed by atoms with E-state index in [2.05, 4.69) is 5.32 Å². The third-order valence-corrected chi connectivity index (χ3v) is 1.81. The first-order valence-electron chi connectivity index (χ1n) is 3.35. The zero-order valence-corrected chi connectivity index (χ0v) is 6.79. The summed E-state index contributed by atoms with van der Waals surface area (Å²) in [5.74, 6) is 0. The van der Waals surface area contributed by atoms with Crippen LogP contribution in [0.5, 0.6) is 0 Å². The molecule has 0 aromatic carbocycles. The van der Waals surface area contributed by atoms with Gasteiger partial charge in [-0.25, -0.2) is 14.5 Å². The zero-order valence-electron chi connectivity index (χ0n) is 6.79. The van der Waals surface area contributed by atoms with Gasteiger partial charge in [-0.2, -0.15) is 0 Å². The number of rotatable bonds is 0. The minimum Gasteiger partial charge on any atom is -0.317 e. The van der Waals surface area contributed by atoms with Gasteiger partial charge in [0.2, 0.25) is 0 Å². The molecule has 1 atom stereocenters. The molecule has 5 heteroatoms. The van der Waals surface area contributed by atoms with Crippen LogP contribution in [0.2, 0.25) is 0 Å². The first kappa shape index (κ1) is 7.84. The molecule has 1 heterocycles. The molecule has 1 N–H and O–H groups in total. The lowest BCUT2D eigenvalue weighted by atomic mass is 10.4. The van der Waals surface area contributed by atoms with Gasteiger partial charge < -0.3 is 10.2 Å². The van der Waals surface area contributed by atoms with E-state index in [0.29, 0.717) is 0 Å². The molecule has 62 valence electrons. The SMILES string of the molecule is CC1NC(=O)N(C)C(=O)N1C. The highest BCUT2D eigenvalue weighted by molar-refractivity contribution is 5.95. The van der Waals surface area contributed by atoms with Crippen molar-refractivity contribution in [2.75, 3.05) is 14.1 Å². The molecule has 1 unspecified atom stereocenters. The van der Waals surface area contributed by atoms with Crippen molar-refractivity contribution in [3.8, 4) is 0 Å². The van der Waals surface area contributed by atoms with E-state index in [1.54, 1.807) is 14.0 Å². The Bertz CT molecular complexity index is 204. The van der Waals surface area contributed by atoms with Crippen molar-refractivity contribution in [2.24, 2.45) is 0 Å². The number of carbonyl (C=O) groups is 2. The first-order valence-corrected chi connectivity index (χ1v) is 3.35. The maximum Gasteiger partial charge on any atom is 0.329 e. The minimum atomic E-state index is -0.347. The monoisotopic (exact) mass is 157 g/mol. The second-order valence-corrected chi connectivity index (χ2v) is 2.58. The van der Waals surface area contributed by atoms with Crippen molar-refractivity contribution < 1.29 is 9.59 Å². The Morgan fingerprint density at radius 2 is 1.91 bits per heavy atom. The lowest BCUT2D eigenvalue weighted by molar-refractivity contribution is 0.128. The molecule has 11 heavy (non-hydrogen) atoms. The smallest absolute Gasteiger partial charge is 0.317 e. The number of nitrogens with one attached hydrogen (secondary N) is 1. The molecule has 5 nitrogen and oxygen atoms in total. The molecule has 0 radical (unpaired) electrons. The van der Waals surface area contributed by atoms with Crippen molar-refractivity contribution in [3.63, 3.8) is 0 Å². The van der Waals surface area contributed by atoms with E-state index in [1.165, 1.54) is 11.9 Å². The van der Waals surface area contributed by atoms with Gasteiger partial charge in [-0.15, -0.1) is 0 Å². The van der Waals surface area contributed by atoms with Crippen LogP contribution in [0.15, 0.2) is 0 Å². The van der Waals surface area contributed by atoms with Gasteiger partial charge in [-0.05, 0) is 6.92 Å². The van der Waals surface area contributed by atoms with E-state index in [0.717, 1.165) is 4.90 Å². The summed E-state index contributed by atoms with van der Waals surface area (Å²) in [6.45, 7) is 1.75. The van der Waals surface area contributed by atoms with Crippen LogP contribution >= 0.6 is 0 Å². The molecule has 0 spiro atoms. The number of amides is 4. The Labute approximate surface area is 65.0 Å². The Morgan fingerprint density at radius 1 is 1.36 bits per heavy atom. The molecular weight excluding hydrogens is 146 g/mol. The van der Waals surface area contributed by atoms with Gasteiger partial charge >= 0.3 is 12.1 Å². The van der Waals surface area contributed by atoms with Crippen molar-refractivity contribution >= 4 is 12.1 Å². The summed E-state index contributed by atoms with van der Waals surface area (Å²) in [5, 5.41) is 2.60. The largest absolute Gasteiger partial charge is 0.329 e. The van der Waals surface area contributed by atoms with Crippen LogP contribution in [0, 0.1) is 0 Å². The number of urea groups is 2. The van der Waals surface area contributed by atoms with Crippen molar-refractivity contribution in [1.29, 1.82) is 0 Å². The molecule has 1 fully saturated rings. The molecule has 0 saturated carbocycles. The molecule has 1 aliphatic rings. The van der Waals surface area contributed by atoms with Gasteiger partial charge in [0.1, 0.15) is 6.17 Å². The summed E-state index contributed by atoms with van der Waals surface area (Å²) in [6, 6.07) is -0.623. The van der Waals surface area contributed by atoms with E-state index in [4.69, 9.17) is 0 Å². The average Bonchev–Trinajstić information content (AvgIpc) is 1.97. The lowest BCUT2D eigenvalue weighted by Gasteiger charge is -2.35. The van der Waals surface area contributed by atoms with Crippen molar-refractivity contribution in [2.45, 2.75) is 13.1 Å². The summed E-state index contributed by atoms with van der Waals surface area (Å²) in [6.07, 6.45) is -0.216. The van der Waals surface area contributed by atoms with Gasteiger partial charge in [-0.3, -0.25) is 0 Å². The van der Waals surface area contributed by atoms with Gasteiger partial charge in [0, 0.05) is 14.1 Å². The molecule has 1 aliphatic heterocycles. The van der Waals surface area contributed by atoms with Gasteiger partial charge in [-0.1, -0.05) is 0 Å². The molecule has 0 aliphatic carbocycles. The summed E-state index contributed by atoms with van der Waals surface area (Å²) < 4.78 is 0. The van der Waals surface area contributed by atoms with Crippen LogP contribution in [0.1, 0.15) is 6.92 Å². The predicted molar refractivity (Wildman–Crippen MR) is 38.9 cm³/mol. The highest BCUT2D eigenvalue weighted by Crippen LogP contribution is 2.04. The maximum absolute atomic E-state index is 11.1. The molecule has 0 aromatic rings. The number of hydrogen-bond acceptors (Lipinski definition) is 2. The van der Waals surface area contributed by atoms with E-state index in [9.17, 15) is 9.59 Å². The van der Waals surface area contributed by atoms with E-state index < -0.39 is 0 Å². The number of hydrogen-bond donors (Lipinski definition) is 1. The molecule has 4 amide bonds. The van der Waals surface area contributed by atoms with Crippen LogP contribution in [-0.2, 0) is 0 Å². The highest BCUT2D eigenvalue weighted by Gasteiger charge is 2.30. The van der Waals surface area contributed by atoms with Crippen LogP contribution < -0.4 is 5.32 Å². The summed E-state index contributed by atoms with van der Waals surface area (Å²) in [4.78, 5) is 24.6. The fourth-order valence-electron chi connectivity index (χ4n) is 0.861. The normalized spacial score (nSPS) is 25.5. The fourth-order valence-corrected chi connectivity index (χ4v) is 0.861. The van der Waals surface area contributed by atoms with Crippen molar-refractivity contribution in [3.05, 3.63) is 0 Å². The number of imide groups is 1. The average molecular weight is 157 g/mol. The van der Waals surface area contributed by atoms with E-state index in [-0.39, 0.29) is 18.2 Å². The summed E-state index contributed by atoms with van der Waals surface area (Å²) in [5.41, 5.74) is 0. The van der Waals surface area contributed by atoms with Crippen LogP contribution in [0.4, 0.5) is 9.59 Å². The molecule has 0 bridgehead atoms. The van der Waals surface area contributed by atoms with Crippen LogP contribution in [0.25, 0.3) is 0 Å². The Balaban J connectivity index is 2.79. The third kappa shape index (κ3) is 1.13. The third-order valence-electron chi connectivity index (χ3n) is 1.81. The molecular formula is C6H11N3O2. The zero-order chi connectivity index (χ0) is 8.59. The minimum absolute atomic E-state index is 0.216. The second-order valence-electron chi connectivity index (χ2n) is 2.58. The molecule has 1 rings (SSSR count). The quantitative estimate of drug-likeness (QED) is 0.539. The van der Waals surface area contributed by atoms with Crippen molar-refractivity contribution in [1.82, 2.24) is 15.1 Å². The van der Waals surface area contributed by atoms with E-state index in [1.807, 2.05) is 0 Å².